The first-order valence-electron chi connectivity index (χ1n) is 5.08. The molecule has 0 spiro atoms. The molecule has 2 nitrogen and oxygen atoms in total. The number of hydrogen-bond acceptors (Lipinski definition) is 2. The molecular weight excluding hydrogens is 176 g/mol. The maximum Gasteiger partial charge on any atom is 0.153 e. The van der Waals surface area contributed by atoms with Crippen molar-refractivity contribution in [2.45, 2.75) is 32.3 Å². The number of hydrogen-bond donors (Lipinski definition) is 0. The summed E-state index contributed by atoms with van der Waals surface area (Å²) in [6.07, 6.45) is 4.41. The zero-order valence-electron chi connectivity index (χ0n) is 8.32. The predicted molar refractivity (Wildman–Crippen MR) is 54.9 cm³/mol. The molecule has 1 fully saturated rings. The fourth-order valence-corrected chi connectivity index (χ4v) is 1.38. The summed E-state index contributed by atoms with van der Waals surface area (Å²) in [5, 5.41) is 0. The Kier molecular flexibility index (Phi) is 2.53. The normalized spacial score (nSPS) is 15.2. The minimum absolute atomic E-state index is 0.348. The number of benzene rings is 1. The number of aldehydes is 1. The van der Waals surface area contributed by atoms with E-state index in [0.717, 1.165) is 31.3 Å². The van der Waals surface area contributed by atoms with Gasteiger partial charge in [-0.25, -0.2) is 0 Å². The van der Waals surface area contributed by atoms with Gasteiger partial charge in [0.05, 0.1) is 11.7 Å². The highest BCUT2D eigenvalue weighted by atomic mass is 16.5. The molecule has 0 amide bonds. The second-order valence-corrected chi connectivity index (χ2v) is 3.66. The lowest BCUT2D eigenvalue weighted by Crippen LogP contribution is -1.99. The molecule has 2 rings (SSSR count). The second kappa shape index (κ2) is 3.82. The van der Waals surface area contributed by atoms with Crippen LogP contribution in [-0.4, -0.2) is 12.4 Å². The number of carbonyl (C=O) groups excluding carboxylic acids is 1. The smallest absolute Gasteiger partial charge is 0.153 e. The van der Waals surface area contributed by atoms with Gasteiger partial charge in [-0.05, 0) is 37.0 Å². The Labute approximate surface area is 83.9 Å². The van der Waals surface area contributed by atoms with Gasteiger partial charge in [0.25, 0.3) is 0 Å². The monoisotopic (exact) mass is 190 g/mol. The lowest BCUT2D eigenvalue weighted by molar-refractivity contribution is 0.111. The summed E-state index contributed by atoms with van der Waals surface area (Å²) in [4.78, 5) is 10.8. The quantitative estimate of drug-likeness (QED) is 0.682. The zero-order chi connectivity index (χ0) is 9.97. The van der Waals surface area contributed by atoms with E-state index >= 15 is 0 Å². The number of aryl methyl sites for hydroxylation is 1. The maximum atomic E-state index is 10.8. The van der Waals surface area contributed by atoms with Crippen LogP contribution in [0.2, 0.25) is 0 Å². The van der Waals surface area contributed by atoms with Crippen molar-refractivity contribution in [3.05, 3.63) is 29.3 Å². The molecule has 74 valence electrons. The van der Waals surface area contributed by atoms with Crippen LogP contribution < -0.4 is 4.74 Å². The topological polar surface area (TPSA) is 26.3 Å². The lowest BCUT2D eigenvalue weighted by atomic mass is 10.1. The molecule has 0 aliphatic heterocycles. The molecule has 0 radical (unpaired) electrons. The van der Waals surface area contributed by atoms with Gasteiger partial charge in [-0.3, -0.25) is 4.79 Å². The first-order chi connectivity index (χ1) is 6.83. The molecule has 1 aromatic rings. The summed E-state index contributed by atoms with van der Waals surface area (Å²) >= 11 is 0. The van der Waals surface area contributed by atoms with E-state index in [2.05, 4.69) is 6.92 Å². The molecular formula is C12H14O2. The molecule has 1 aromatic carbocycles. The van der Waals surface area contributed by atoms with Crippen molar-refractivity contribution in [2.75, 3.05) is 0 Å². The molecule has 0 N–H and O–H groups in total. The van der Waals surface area contributed by atoms with Gasteiger partial charge in [-0.15, -0.1) is 0 Å². The van der Waals surface area contributed by atoms with E-state index in [0.29, 0.717) is 11.7 Å². The van der Waals surface area contributed by atoms with Gasteiger partial charge in [-0.1, -0.05) is 13.0 Å². The predicted octanol–water partition coefficient (Wildman–Crippen LogP) is 2.60. The van der Waals surface area contributed by atoms with Crippen LogP contribution in [0.15, 0.2) is 18.2 Å². The molecule has 1 saturated carbocycles. The first-order valence-corrected chi connectivity index (χ1v) is 5.08. The van der Waals surface area contributed by atoms with Crippen molar-refractivity contribution in [2.24, 2.45) is 0 Å². The Morgan fingerprint density at radius 2 is 2.29 bits per heavy atom. The van der Waals surface area contributed by atoms with Gasteiger partial charge < -0.3 is 4.74 Å². The van der Waals surface area contributed by atoms with E-state index in [4.69, 9.17) is 4.74 Å². The number of carbonyl (C=O) groups is 1. The van der Waals surface area contributed by atoms with Gasteiger partial charge >= 0.3 is 0 Å². The third-order valence-electron chi connectivity index (χ3n) is 2.43. The number of rotatable bonds is 4. The summed E-state index contributed by atoms with van der Waals surface area (Å²) in [5.41, 5.74) is 1.85. The Bertz CT molecular complexity index is 340. The fourth-order valence-electron chi connectivity index (χ4n) is 1.38. The van der Waals surface area contributed by atoms with Crippen LogP contribution in [0.5, 0.6) is 5.75 Å². The minimum atomic E-state index is 0.348. The molecule has 1 aliphatic carbocycles. The van der Waals surface area contributed by atoms with Crippen molar-refractivity contribution in [3.8, 4) is 5.75 Å². The van der Waals surface area contributed by atoms with Crippen LogP contribution in [0.3, 0.4) is 0 Å². The zero-order valence-corrected chi connectivity index (χ0v) is 8.32. The molecule has 14 heavy (non-hydrogen) atoms. The van der Waals surface area contributed by atoms with Crippen molar-refractivity contribution in [1.82, 2.24) is 0 Å². The Hall–Kier alpha value is -1.31. The second-order valence-electron chi connectivity index (χ2n) is 3.66. The van der Waals surface area contributed by atoms with E-state index in [1.54, 1.807) is 0 Å². The van der Waals surface area contributed by atoms with Crippen molar-refractivity contribution < 1.29 is 9.53 Å². The highest BCUT2D eigenvalue weighted by Crippen LogP contribution is 2.29. The first kappa shape index (κ1) is 9.25. The van der Waals surface area contributed by atoms with Crippen LogP contribution in [0.25, 0.3) is 0 Å². The summed E-state index contributed by atoms with van der Waals surface area (Å²) in [7, 11) is 0. The molecule has 0 saturated heterocycles. The Morgan fingerprint density at radius 1 is 1.50 bits per heavy atom. The molecule has 0 unspecified atom stereocenters. The number of ether oxygens (including phenoxy) is 1. The van der Waals surface area contributed by atoms with Gasteiger partial charge in [0.1, 0.15) is 5.75 Å². The Balaban J connectivity index is 2.23. The van der Waals surface area contributed by atoms with E-state index in [1.165, 1.54) is 5.56 Å². The van der Waals surface area contributed by atoms with Crippen LogP contribution in [-0.2, 0) is 6.42 Å². The van der Waals surface area contributed by atoms with Gasteiger partial charge in [0.2, 0.25) is 0 Å². The average molecular weight is 190 g/mol. The summed E-state index contributed by atoms with van der Waals surface area (Å²) < 4.78 is 5.62. The molecule has 0 heterocycles. The average Bonchev–Trinajstić information content (AvgIpc) is 3.02. The van der Waals surface area contributed by atoms with Crippen LogP contribution in [0.1, 0.15) is 35.7 Å². The summed E-state index contributed by atoms with van der Waals surface area (Å²) in [5.74, 6) is 0.736. The van der Waals surface area contributed by atoms with Crippen molar-refractivity contribution >= 4 is 6.29 Å². The van der Waals surface area contributed by atoms with Gasteiger partial charge in [0, 0.05) is 0 Å². The Morgan fingerprint density at radius 3 is 2.86 bits per heavy atom. The highest BCUT2D eigenvalue weighted by Gasteiger charge is 2.24. The standard InChI is InChI=1S/C12H14O2/c1-2-9-3-6-12(10(7-9)8-13)14-11-4-5-11/h3,6-8,11H,2,4-5H2,1H3. The maximum absolute atomic E-state index is 10.8. The van der Waals surface area contributed by atoms with Crippen LogP contribution in [0, 0.1) is 0 Å². The molecule has 0 aromatic heterocycles. The molecule has 1 aliphatic rings. The third kappa shape index (κ3) is 1.95. The van der Waals surface area contributed by atoms with E-state index < -0.39 is 0 Å². The third-order valence-corrected chi connectivity index (χ3v) is 2.43. The summed E-state index contributed by atoms with van der Waals surface area (Å²) in [6, 6.07) is 5.83. The molecule has 0 atom stereocenters. The largest absolute Gasteiger partial charge is 0.490 e. The van der Waals surface area contributed by atoms with Gasteiger partial charge in [0.15, 0.2) is 6.29 Å². The van der Waals surface area contributed by atoms with Gasteiger partial charge in [-0.2, -0.15) is 0 Å². The van der Waals surface area contributed by atoms with E-state index in [9.17, 15) is 4.79 Å². The fraction of sp³-hybridized carbons (Fsp3) is 0.417. The van der Waals surface area contributed by atoms with Crippen molar-refractivity contribution in [1.29, 1.82) is 0 Å². The highest BCUT2D eigenvalue weighted by molar-refractivity contribution is 5.79. The lowest BCUT2D eigenvalue weighted by Gasteiger charge is -2.07. The SMILES string of the molecule is CCc1ccc(OC2CC2)c(C=O)c1. The molecule has 0 bridgehead atoms. The summed E-state index contributed by atoms with van der Waals surface area (Å²) in [6.45, 7) is 2.07. The van der Waals surface area contributed by atoms with Crippen LogP contribution >= 0.6 is 0 Å². The van der Waals surface area contributed by atoms with Crippen molar-refractivity contribution in [3.63, 3.8) is 0 Å². The van der Waals surface area contributed by atoms with E-state index in [-0.39, 0.29) is 0 Å². The minimum Gasteiger partial charge on any atom is -0.490 e. The molecule has 2 heteroatoms. The van der Waals surface area contributed by atoms with Crippen LogP contribution in [0.4, 0.5) is 0 Å². The van der Waals surface area contributed by atoms with E-state index in [1.807, 2.05) is 18.2 Å².